The van der Waals surface area contributed by atoms with Gasteiger partial charge >= 0.3 is 0 Å². The SMILES string of the molecule is O=C1CCC(C(=O)Nc2cccc(Cl)c2Cl)=NN1. The smallest absolute Gasteiger partial charge is 0.271 e. The topological polar surface area (TPSA) is 70.6 Å². The molecule has 0 saturated carbocycles. The highest BCUT2D eigenvalue weighted by atomic mass is 35.5. The summed E-state index contributed by atoms with van der Waals surface area (Å²) in [6, 6.07) is 4.93. The fourth-order valence-electron chi connectivity index (χ4n) is 1.43. The van der Waals surface area contributed by atoms with Gasteiger partial charge < -0.3 is 5.32 Å². The zero-order chi connectivity index (χ0) is 13.1. The molecule has 94 valence electrons. The van der Waals surface area contributed by atoms with Gasteiger partial charge in [-0.3, -0.25) is 9.59 Å². The minimum atomic E-state index is -0.404. The molecule has 1 aliphatic rings. The lowest BCUT2D eigenvalue weighted by Crippen LogP contribution is -2.32. The summed E-state index contributed by atoms with van der Waals surface area (Å²) in [4.78, 5) is 22.7. The van der Waals surface area contributed by atoms with E-state index in [0.717, 1.165) is 0 Å². The van der Waals surface area contributed by atoms with Crippen molar-refractivity contribution >= 4 is 46.4 Å². The van der Waals surface area contributed by atoms with Gasteiger partial charge in [0.25, 0.3) is 5.91 Å². The average Bonchev–Trinajstić information content (AvgIpc) is 2.36. The molecule has 0 radical (unpaired) electrons. The van der Waals surface area contributed by atoms with Crippen LogP contribution in [0.3, 0.4) is 0 Å². The Labute approximate surface area is 113 Å². The molecule has 0 atom stereocenters. The number of rotatable bonds is 2. The zero-order valence-electron chi connectivity index (χ0n) is 9.17. The van der Waals surface area contributed by atoms with Crippen LogP contribution in [0.4, 0.5) is 5.69 Å². The predicted molar refractivity (Wildman–Crippen MR) is 69.9 cm³/mol. The molecule has 0 unspecified atom stereocenters. The van der Waals surface area contributed by atoms with Crippen LogP contribution in [0.1, 0.15) is 12.8 Å². The number of benzene rings is 1. The van der Waals surface area contributed by atoms with Crippen molar-refractivity contribution in [1.82, 2.24) is 5.43 Å². The first-order valence-corrected chi connectivity index (χ1v) is 5.94. The second-order valence-electron chi connectivity index (χ2n) is 3.65. The Morgan fingerprint density at radius 1 is 1.33 bits per heavy atom. The van der Waals surface area contributed by atoms with E-state index in [9.17, 15) is 9.59 Å². The number of hydrogen-bond donors (Lipinski definition) is 2. The van der Waals surface area contributed by atoms with Crippen molar-refractivity contribution in [3.8, 4) is 0 Å². The minimum absolute atomic E-state index is 0.202. The van der Waals surface area contributed by atoms with Gasteiger partial charge in [0.15, 0.2) is 0 Å². The number of carbonyl (C=O) groups is 2. The number of amides is 2. The number of halogens is 2. The Morgan fingerprint density at radius 2 is 2.11 bits per heavy atom. The lowest BCUT2D eigenvalue weighted by molar-refractivity contribution is -0.121. The van der Waals surface area contributed by atoms with Gasteiger partial charge in [-0.05, 0) is 12.1 Å². The summed E-state index contributed by atoms with van der Waals surface area (Å²) in [5, 5.41) is 6.91. The van der Waals surface area contributed by atoms with E-state index in [1.807, 2.05) is 0 Å². The van der Waals surface area contributed by atoms with Crippen LogP contribution in [-0.4, -0.2) is 17.5 Å². The summed E-state index contributed by atoms with van der Waals surface area (Å²) >= 11 is 11.8. The first-order valence-electron chi connectivity index (χ1n) is 5.18. The highest BCUT2D eigenvalue weighted by molar-refractivity contribution is 6.47. The van der Waals surface area contributed by atoms with E-state index >= 15 is 0 Å². The van der Waals surface area contributed by atoms with E-state index in [-0.39, 0.29) is 23.1 Å². The van der Waals surface area contributed by atoms with Crippen molar-refractivity contribution in [2.24, 2.45) is 5.10 Å². The van der Waals surface area contributed by atoms with Crippen LogP contribution in [0.15, 0.2) is 23.3 Å². The molecule has 0 aromatic heterocycles. The Kier molecular flexibility index (Phi) is 3.84. The van der Waals surface area contributed by atoms with Crippen molar-refractivity contribution in [2.75, 3.05) is 5.32 Å². The second-order valence-corrected chi connectivity index (χ2v) is 4.43. The van der Waals surface area contributed by atoms with Crippen molar-refractivity contribution in [1.29, 1.82) is 0 Å². The van der Waals surface area contributed by atoms with Crippen LogP contribution in [0.5, 0.6) is 0 Å². The van der Waals surface area contributed by atoms with E-state index in [1.165, 1.54) is 0 Å². The maximum Gasteiger partial charge on any atom is 0.271 e. The summed E-state index contributed by atoms with van der Waals surface area (Å²) in [6.07, 6.45) is 0.547. The standard InChI is InChI=1S/C11H9Cl2N3O2/c12-6-2-1-3-7(10(6)13)14-11(18)8-4-5-9(17)16-15-8/h1-3H,4-5H2,(H,14,18)(H,16,17). The first kappa shape index (κ1) is 12.9. The lowest BCUT2D eigenvalue weighted by atomic mass is 10.1. The fourth-order valence-corrected chi connectivity index (χ4v) is 1.78. The molecule has 2 amide bonds. The molecule has 1 heterocycles. The van der Waals surface area contributed by atoms with Gasteiger partial charge in [0, 0.05) is 12.8 Å². The van der Waals surface area contributed by atoms with E-state index < -0.39 is 5.91 Å². The molecular weight excluding hydrogens is 277 g/mol. The maximum atomic E-state index is 11.8. The number of hydrogen-bond acceptors (Lipinski definition) is 3. The molecule has 7 heteroatoms. The summed E-state index contributed by atoms with van der Waals surface area (Å²) in [5.74, 6) is -0.605. The van der Waals surface area contributed by atoms with E-state index in [2.05, 4.69) is 15.8 Å². The predicted octanol–water partition coefficient (Wildman–Crippen LogP) is 2.20. The summed E-state index contributed by atoms with van der Waals surface area (Å²) < 4.78 is 0. The number of nitrogens with zero attached hydrogens (tertiary/aromatic N) is 1. The molecule has 18 heavy (non-hydrogen) atoms. The Morgan fingerprint density at radius 3 is 2.78 bits per heavy atom. The van der Waals surface area contributed by atoms with E-state index in [4.69, 9.17) is 23.2 Å². The summed E-state index contributed by atoms with van der Waals surface area (Å²) in [7, 11) is 0. The maximum absolute atomic E-state index is 11.8. The molecule has 0 fully saturated rings. The highest BCUT2D eigenvalue weighted by Gasteiger charge is 2.19. The van der Waals surface area contributed by atoms with E-state index in [0.29, 0.717) is 17.1 Å². The second kappa shape index (κ2) is 5.37. The zero-order valence-corrected chi connectivity index (χ0v) is 10.7. The van der Waals surface area contributed by atoms with Gasteiger partial charge in [0.1, 0.15) is 5.71 Å². The molecule has 0 spiro atoms. The molecule has 1 aromatic carbocycles. The Bertz CT molecular complexity index is 543. The van der Waals surface area contributed by atoms with Crippen LogP contribution >= 0.6 is 23.2 Å². The molecule has 1 aromatic rings. The van der Waals surface area contributed by atoms with Gasteiger partial charge in [-0.25, -0.2) is 5.43 Å². The number of anilines is 1. The van der Waals surface area contributed by atoms with Gasteiger partial charge in [0.2, 0.25) is 5.91 Å². The summed E-state index contributed by atoms with van der Waals surface area (Å²) in [5.41, 5.74) is 2.92. The molecule has 5 nitrogen and oxygen atoms in total. The molecule has 2 rings (SSSR count). The quantitative estimate of drug-likeness (QED) is 0.875. The van der Waals surface area contributed by atoms with E-state index in [1.54, 1.807) is 18.2 Å². The Hall–Kier alpha value is -1.59. The number of carbonyl (C=O) groups excluding carboxylic acids is 2. The van der Waals surface area contributed by atoms with Crippen molar-refractivity contribution in [3.63, 3.8) is 0 Å². The van der Waals surface area contributed by atoms with Crippen molar-refractivity contribution in [2.45, 2.75) is 12.8 Å². The molecule has 0 saturated heterocycles. The fraction of sp³-hybridized carbons (Fsp3) is 0.182. The van der Waals surface area contributed by atoms with Crippen molar-refractivity contribution < 1.29 is 9.59 Å². The minimum Gasteiger partial charge on any atom is -0.319 e. The molecule has 2 N–H and O–H groups in total. The van der Waals surface area contributed by atoms with Gasteiger partial charge in [-0.2, -0.15) is 5.10 Å². The third kappa shape index (κ3) is 2.80. The van der Waals surface area contributed by atoms with Gasteiger partial charge in [0.05, 0.1) is 15.7 Å². The molecule has 0 bridgehead atoms. The van der Waals surface area contributed by atoms with Crippen molar-refractivity contribution in [3.05, 3.63) is 28.2 Å². The Balaban J connectivity index is 2.12. The molecule has 1 aliphatic heterocycles. The van der Waals surface area contributed by atoms with Gasteiger partial charge in [-0.15, -0.1) is 0 Å². The third-order valence-corrected chi connectivity index (χ3v) is 3.19. The summed E-state index contributed by atoms with van der Waals surface area (Å²) in [6.45, 7) is 0. The largest absolute Gasteiger partial charge is 0.319 e. The van der Waals surface area contributed by atoms with Crippen LogP contribution < -0.4 is 10.7 Å². The van der Waals surface area contributed by atoms with Gasteiger partial charge in [-0.1, -0.05) is 29.3 Å². The lowest BCUT2D eigenvalue weighted by Gasteiger charge is -2.12. The van der Waals surface area contributed by atoms with Crippen LogP contribution in [0.25, 0.3) is 0 Å². The van der Waals surface area contributed by atoms with Crippen LogP contribution in [0.2, 0.25) is 10.0 Å². The van der Waals surface area contributed by atoms with Crippen LogP contribution in [0, 0.1) is 0 Å². The average molecular weight is 286 g/mol. The normalized spacial score (nSPS) is 14.8. The first-order chi connectivity index (χ1) is 8.58. The third-order valence-electron chi connectivity index (χ3n) is 2.37. The molecular formula is C11H9Cl2N3O2. The number of nitrogens with one attached hydrogen (secondary N) is 2. The molecule has 0 aliphatic carbocycles. The number of hydrazone groups is 1. The monoisotopic (exact) mass is 285 g/mol. The van der Waals surface area contributed by atoms with Crippen LogP contribution in [-0.2, 0) is 9.59 Å². The highest BCUT2D eigenvalue weighted by Crippen LogP contribution is 2.29.